The number of nitrogens with two attached hydrogens (primary N) is 1. The maximum atomic E-state index is 12.4. The number of thioether (sulfide) groups is 1. The number of nitrogens with one attached hydrogen (secondary N) is 3. The standard InChI is InChI=1S/C15H28N4O6S/c1-8(2)12(19-13(23)9(16)4-5-26-3)15(25)18-10(7-20)14(24)17-6-11(21)22/h8-10,12,20H,4-7,16H2,1-3H3,(H,17,24)(H,18,25)(H,19,23)(H,21,22). The molecule has 150 valence electrons. The van der Waals surface area contributed by atoms with Crippen LogP contribution in [0.1, 0.15) is 20.3 Å². The average Bonchev–Trinajstić information content (AvgIpc) is 2.58. The maximum absolute atomic E-state index is 12.4. The smallest absolute Gasteiger partial charge is 0.322 e. The van der Waals surface area contributed by atoms with Gasteiger partial charge in [-0.1, -0.05) is 13.8 Å². The van der Waals surface area contributed by atoms with Crippen molar-refractivity contribution in [3.8, 4) is 0 Å². The fraction of sp³-hybridized carbons (Fsp3) is 0.733. The Hall–Kier alpha value is -1.85. The van der Waals surface area contributed by atoms with Gasteiger partial charge in [-0.3, -0.25) is 19.2 Å². The van der Waals surface area contributed by atoms with E-state index in [-0.39, 0.29) is 5.92 Å². The summed E-state index contributed by atoms with van der Waals surface area (Å²) < 4.78 is 0. The predicted molar refractivity (Wildman–Crippen MR) is 97.4 cm³/mol. The highest BCUT2D eigenvalue weighted by atomic mass is 32.2. The van der Waals surface area contributed by atoms with Gasteiger partial charge in [0.1, 0.15) is 18.6 Å². The van der Waals surface area contributed by atoms with E-state index in [0.717, 1.165) is 0 Å². The highest BCUT2D eigenvalue weighted by Crippen LogP contribution is 2.05. The minimum atomic E-state index is -1.33. The van der Waals surface area contributed by atoms with Crippen LogP contribution in [0.15, 0.2) is 0 Å². The molecule has 0 fully saturated rings. The van der Waals surface area contributed by atoms with Crippen LogP contribution in [0, 0.1) is 5.92 Å². The number of carboxylic acids is 1. The van der Waals surface area contributed by atoms with Gasteiger partial charge in [0.2, 0.25) is 17.7 Å². The number of hydrogen-bond donors (Lipinski definition) is 6. The molecule has 0 heterocycles. The lowest BCUT2D eigenvalue weighted by Crippen LogP contribution is -2.58. The Bertz CT molecular complexity index is 503. The van der Waals surface area contributed by atoms with Gasteiger partial charge in [-0.25, -0.2) is 0 Å². The Kier molecular flexibility index (Phi) is 11.6. The molecular weight excluding hydrogens is 364 g/mol. The molecule has 11 heteroatoms. The summed E-state index contributed by atoms with van der Waals surface area (Å²) in [5.74, 6) is -2.85. The number of aliphatic hydroxyl groups is 1. The monoisotopic (exact) mass is 392 g/mol. The van der Waals surface area contributed by atoms with Gasteiger partial charge in [-0.15, -0.1) is 0 Å². The molecule has 0 bridgehead atoms. The van der Waals surface area contributed by atoms with E-state index in [0.29, 0.717) is 12.2 Å². The molecule has 0 saturated carbocycles. The van der Waals surface area contributed by atoms with E-state index in [4.69, 9.17) is 10.8 Å². The average molecular weight is 392 g/mol. The quantitative estimate of drug-likeness (QED) is 0.219. The first kappa shape index (κ1) is 24.1. The summed E-state index contributed by atoms with van der Waals surface area (Å²) in [5, 5.41) is 24.7. The normalized spacial score (nSPS) is 14.2. The van der Waals surface area contributed by atoms with E-state index in [1.807, 2.05) is 6.26 Å². The zero-order valence-electron chi connectivity index (χ0n) is 15.2. The molecule has 0 spiro atoms. The van der Waals surface area contributed by atoms with Crippen LogP contribution < -0.4 is 21.7 Å². The molecule has 0 aliphatic rings. The second-order valence-electron chi connectivity index (χ2n) is 5.97. The van der Waals surface area contributed by atoms with Gasteiger partial charge < -0.3 is 31.9 Å². The lowest BCUT2D eigenvalue weighted by Gasteiger charge is -2.25. The molecule has 3 unspecified atom stereocenters. The van der Waals surface area contributed by atoms with Crippen molar-refractivity contribution in [2.45, 2.75) is 38.4 Å². The van der Waals surface area contributed by atoms with Crippen LogP contribution in [0.4, 0.5) is 0 Å². The van der Waals surface area contributed by atoms with Gasteiger partial charge in [0.05, 0.1) is 12.6 Å². The third-order valence-corrected chi connectivity index (χ3v) is 4.09. The van der Waals surface area contributed by atoms with Crippen LogP contribution in [0.2, 0.25) is 0 Å². The van der Waals surface area contributed by atoms with E-state index >= 15 is 0 Å². The van der Waals surface area contributed by atoms with Crippen LogP contribution in [0.25, 0.3) is 0 Å². The summed E-state index contributed by atoms with van der Waals surface area (Å²) >= 11 is 1.55. The summed E-state index contributed by atoms with van der Waals surface area (Å²) in [4.78, 5) is 46.8. The zero-order chi connectivity index (χ0) is 20.3. The van der Waals surface area contributed by atoms with Gasteiger partial charge in [-0.05, 0) is 24.3 Å². The summed E-state index contributed by atoms with van der Waals surface area (Å²) in [5.41, 5.74) is 5.78. The van der Waals surface area contributed by atoms with Crippen LogP contribution in [0.5, 0.6) is 0 Å². The number of aliphatic carboxylic acids is 1. The van der Waals surface area contributed by atoms with Gasteiger partial charge in [0.15, 0.2) is 0 Å². The first-order valence-corrected chi connectivity index (χ1v) is 9.49. The molecule has 0 aromatic carbocycles. The molecular formula is C15H28N4O6S. The molecule has 7 N–H and O–H groups in total. The van der Waals surface area contributed by atoms with Gasteiger partial charge >= 0.3 is 5.97 Å². The molecule has 3 amide bonds. The van der Waals surface area contributed by atoms with E-state index in [9.17, 15) is 24.3 Å². The fourth-order valence-corrected chi connectivity index (χ4v) is 2.40. The topological polar surface area (TPSA) is 171 Å². The van der Waals surface area contributed by atoms with Gasteiger partial charge in [0.25, 0.3) is 0 Å². The minimum absolute atomic E-state index is 0.298. The van der Waals surface area contributed by atoms with Crippen LogP contribution in [-0.2, 0) is 19.2 Å². The van der Waals surface area contributed by atoms with Crippen LogP contribution in [-0.4, -0.2) is 77.2 Å². The van der Waals surface area contributed by atoms with Crippen molar-refractivity contribution in [2.75, 3.05) is 25.2 Å². The van der Waals surface area contributed by atoms with Crippen LogP contribution in [0.3, 0.4) is 0 Å². The number of amides is 3. The van der Waals surface area contributed by atoms with Crippen molar-refractivity contribution in [1.29, 1.82) is 0 Å². The highest BCUT2D eigenvalue weighted by Gasteiger charge is 2.29. The Morgan fingerprint density at radius 1 is 1.08 bits per heavy atom. The predicted octanol–water partition coefficient (Wildman–Crippen LogP) is -2.11. The first-order valence-electron chi connectivity index (χ1n) is 8.09. The van der Waals surface area contributed by atoms with Gasteiger partial charge in [-0.2, -0.15) is 11.8 Å². The number of carboxylic acid groups (broad SMARTS) is 1. The van der Waals surface area contributed by atoms with Crippen molar-refractivity contribution >= 4 is 35.5 Å². The van der Waals surface area contributed by atoms with E-state index < -0.39 is 55.0 Å². The number of hydrogen-bond acceptors (Lipinski definition) is 7. The van der Waals surface area contributed by atoms with Crippen LogP contribution >= 0.6 is 11.8 Å². The largest absolute Gasteiger partial charge is 0.480 e. The Labute approximate surface area is 156 Å². The van der Waals surface area contributed by atoms with E-state index in [1.165, 1.54) is 0 Å². The first-order chi connectivity index (χ1) is 12.1. The molecule has 0 aromatic rings. The molecule has 26 heavy (non-hydrogen) atoms. The molecule has 0 radical (unpaired) electrons. The second-order valence-corrected chi connectivity index (χ2v) is 6.96. The molecule has 10 nitrogen and oxygen atoms in total. The molecule has 0 aliphatic carbocycles. The van der Waals surface area contributed by atoms with E-state index in [2.05, 4.69) is 16.0 Å². The number of carbonyl (C=O) groups excluding carboxylic acids is 3. The van der Waals surface area contributed by atoms with Crippen molar-refractivity contribution in [3.05, 3.63) is 0 Å². The number of aliphatic hydroxyl groups excluding tert-OH is 1. The molecule has 0 rings (SSSR count). The third-order valence-electron chi connectivity index (χ3n) is 3.45. The van der Waals surface area contributed by atoms with Crippen molar-refractivity contribution < 1.29 is 29.4 Å². The minimum Gasteiger partial charge on any atom is -0.480 e. The lowest BCUT2D eigenvalue weighted by atomic mass is 10.0. The van der Waals surface area contributed by atoms with Gasteiger partial charge in [0, 0.05) is 0 Å². The highest BCUT2D eigenvalue weighted by molar-refractivity contribution is 7.98. The lowest BCUT2D eigenvalue weighted by molar-refractivity contribution is -0.139. The molecule has 3 atom stereocenters. The summed E-state index contributed by atoms with van der Waals surface area (Å²) in [7, 11) is 0. The summed E-state index contributed by atoms with van der Waals surface area (Å²) in [6.45, 7) is 2.05. The second kappa shape index (κ2) is 12.5. The van der Waals surface area contributed by atoms with Crippen molar-refractivity contribution in [3.63, 3.8) is 0 Å². The number of carbonyl (C=O) groups is 4. The van der Waals surface area contributed by atoms with E-state index in [1.54, 1.807) is 25.6 Å². The fourth-order valence-electron chi connectivity index (χ4n) is 1.91. The molecule has 0 aromatic heterocycles. The molecule has 0 saturated heterocycles. The SMILES string of the molecule is CSCCC(N)C(=O)NC(C(=O)NC(CO)C(=O)NCC(=O)O)C(C)C. The Morgan fingerprint density at radius 3 is 2.15 bits per heavy atom. The third kappa shape index (κ3) is 9.02. The number of rotatable bonds is 12. The summed E-state index contributed by atoms with van der Waals surface area (Å²) in [6.07, 6.45) is 2.34. The Balaban J connectivity index is 4.86. The van der Waals surface area contributed by atoms with Crippen molar-refractivity contribution in [2.24, 2.45) is 11.7 Å². The van der Waals surface area contributed by atoms with Crippen molar-refractivity contribution in [1.82, 2.24) is 16.0 Å². The Morgan fingerprint density at radius 2 is 1.69 bits per heavy atom. The zero-order valence-corrected chi connectivity index (χ0v) is 16.0. The maximum Gasteiger partial charge on any atom is 0.322 e. The molecule has 0 aliphatic heterocycles. The summed E-state index contributed by atoms with van der Waals surface area (Å²) in [6, 6.07) is -3.04.